The van der Waals surface area contributed by atoms with Gasteiger partial charge in [0.1, 0.15) is 0 Å². The van der Waals surface area contributed by atoms with Crippen molar-refractivity contribution < 1.29 is 9.59 Å². The van der Waals surface area contributed by atoms with Gasteiger partial charge in [-0.1, -0.05) is 81.8 Å². The van der Waals surface area contributed by atoms with Crippen molar-refractivity contribution in [2.75, 3.05) is 18.9 Å². The Bertz CT molecular complexity index is 1230. The molecule has 0 aliphatic carbocycles. The molecule has 0 bridgehead atoms. The summed E-state index contributed by atoms with van der Waals surface area (Å²) in [5, 5.41) is 15.0. The third-order valence-corrected chi connectivity index (χ3v) is 7.65. The molecule has 0 aliphatic rings. The van der Waals surface area contributed by atoms with E-state index in [2.05, 4.69) is 61.0 Å². The Morgan fingerprint density at radius 2 is 1.72 bits per heavy atom. The van der Waals surface area contributed by atoms with Gasteiger partial charge in [0.05, 0.1) is 17.1 Å². The van der Waals surface area contributed by atoms with Gasteiger partial charge >= 0.3 is 0 Å². The van der Waals surface area contributed by atoms with Crippen molar-refractivity contribution in [1.82, 2.24) is 20.4 Å². The average molecular weight is 606 g/mol. The number of aryl methyl sites for hydroxylation is 1. The molecule has 1 rings (SSSR count). The predicted molar refractivity (Wildman–Crippen MR) is 184 cm³/mol. The molecule has 0 radical (unpaired) electrons. The maximum atomic E-state index is 12.3. The SMILES string of the molecule is C=C/C(=C\C(=C/C)CC(=C)N(C)C(=C)SC(=C)CCCCc1ccc(NC(=O)C/C(C)=C/C)nn1)CC(=O)NCC(C)C. The second kappa shape index (κ2) is 20.3. The Balaban J connectivity index is 2.48. The van der Waals surface area contributed by atoms with Gasteiger partial charge in [-0.25, -0.2) is 0 Å². The minimum Gasteiger partial charge on any atom is -0.356 e. The highest BCUT2D eigenvalue weighted by Crippen LogP contribution is 2.31. The molecule has 1 aromatic heterocycles. The lowest BCUT2D eigenvalue weighted by Crippen LogP contribution is -2.27. The highest BCUT2D eigenvalue weighted by atomic mass is 32.2. The van der Waals surface area contributed by atoms with E-state index in [0.29, 0.717) is 37.5 Å². The number of rotatable bonds is 20. The van der Waals surface area contributed by atoms with Crippen LogP contribution in [0.5, 0.6) is 0 Å². The number of thioether (sulfide) groups is 1. The van der Waals surface area contributed by atoms with Crippen molar-refractivity contribution >= 4 is 29.4 Å². The van der Waals surface area contributed by atoms with Gasteiger partial charge in [0, 0.05) is 32.1 Å². The minimum absolute atomic E-state index is 0.00312. The number of anilines is 1. The Hall–Kier alpha value is -3.65. The quantitative estimate of drug-likeness (QED) is 0.0884. The molecule has 0 fully saturated rings. The number of carbonyl (C=O) groups excluding carboxylic acids is 2. The molecule has 1 heterocycles. The number of nitrogens with zero attached hydrogens (tertiary/aromatic N) is 3. The molecule has 234 valence electrons. The van der Waals surface area contributed by atoms with Gasteiger partial charge in [0.25, 0.3) is 0 Å². The third-order valence-electron chi connectivity index (χ3n) is 6.65. The van der Waals surface area contributed by atoms with Gasteiger partial charge in [0.15, 0.2) is 5.82 Å². The van der Waals surface area contributed by atoms with Crippen LogP contribution in [0.15, 0.2) is 95.1 Å². The van der Waals surface area contributed by atoms with Crippen molar-refractivity contribution in [3.8, 4) is 0 Å². The number of unbranched alkanes of at least 4 members (excludes halogenated alkanes) is 1. The first-order valence-electron chi connectivity index (χ1n) is 14.8. The van der Waals surface area contributed by atoms with Crippen molar-refractivity contribution in [2.45, 2.75) is 79.6 Å². The topological polar surface area (TPSA) is 87.2 Å². The summed E-state index contributed by atoms with van der Waals surface area (Å²) in [6, 6.07) is 3.70. The maximum absolute atomic E-state index is 12.3. The Kier molecular flexibility index (Phi) is 17.6. The van der Waals surface area contributed by atoms with Crippen LogP contribution in [0, 0.1) is 5.92 Å². The fourth-order valence-electron chi connectivity index (χ4n) is 3.77. The summed E-state index contributed by atoms with van der Waals surface area (Å²) >= 11 is 1.56. The van der Waals surface area contributed by atoms with Crippen LogP contribution in [0.1, 0.15) is 78.8 Å². The first-order valence-corrected chi connectivity index (χ1v) is 15.6. The number of aromatic nitrogens is 2. The van der Waals surface area contributed by atoms with Gasteiger partial charge in [-0.05, 0) is 80.6 Å². The molecular weight excluding hydrogens is 554 g/mol. The number of nitrogens with one attached hydrogen (secondary N) is 2. The second-order valence-corrected chi connectivity index (χ2v) is 12.2. The van der Waals surface area contributed by atoms with E-state index >= 15 is 0 Å². The number of hydrogen-bond donors (Lipinski definition) is 2. The van der Waals surface area contributed by atoms with E-state index in [4.69, 9.17) is 0 Å². The zero-order valence-electron chi connectivity index (χ0n) is 27.1. The molecule has 0 aliphatic heterocycles. The van der Waals surface area contributed by atoms with E-state index in [1.165, 1.54) is 0 Å². The van der Waals surface area contributed by atoms with E-state index < -0.39 is 0 Å². The molecule has 0 aromatic carbocycles. The van der Waals surface area contributed by atoms with Crippen LogP contribution >= 0.6 is 11.8 Å². The number of allylic oxidation sites excluding steroid dienone is 6. The molecule has 0 saturated carbocycles. The summed E-state index contributed by atoms with van der Waals surface area (Å²) in [5.41, 5.74) is 4.73. The van der Waals surface area contributed by atoms with Crippen molar-refractivity contribution in [3.05, 3.63) is 101 Å². The van der Waals surface area contributed by atoms with Gasteiger partial charge < -0.3 is 15.5 Å². The van der Waals surface area contributed by atoms with Gasteiger partial charge in [-0.15, -0.1) is 5.10 Å². The fourth-order valence-corrected chi connectivity index (χ4v) is 4.62. The summed E-state index contributed by atoms with van der Waals surface area (Å²) in [4.78, 5) is 27.3. The van der Waals surface area contributed by atoms with Crippen LogP contribution in [0.3, 0.4) is 0 Å². The molecule has 7 nitrogen and oxygen atoms in total. The van der Waals surface area contributed by atoms with E-state index in [9.17, 15) is 9.59 Å². The first kappa shape index (κ1) is 37.4. The van der Waals surface area contributed by atoms with Gasteiger partial charge in [-0.2, -0.15) is 5.10 Å². The summed E-state index contributed by atoms with van der Waals surface area (Å²) in [6.45, 7) is 27.2. The van der Waals surface area contributed by atoms with Crippen LogP contribution < -0.4 is 10.6 Å². The van der Waals surface area contributed by atoms with Gasteiger partial charge in [0.2, 0.25) is 11.8 Å². The standard InChI is InChI=1S/C35H51N5O2S/c1-11-26(6)20-35(42)37-33-19-18-32(38-39-33)17-15-14-16-28(8)43-29(9)40(10)27(7)21-30(12-2)22-31(13-3)23-34(41)36-24-25(4)5/h11-13,18-19,22,25H,3,7-9,14-17,20-21,23-24H2,1-2,4-6,10H3,(H,36,41)(H,37,39,42)/b26-11+,30-12-,31-22+. The Morgan fingerprint density at radius 1 is 1.00 bits per heavy atom. The minimum atomic E-state index is -0.0937. The monoisotopic (exact) mass is 605 g/mol. The van der Waals surface area contributed by atoms with Gasteiger partial charge in [-0.3, -0.25) is 9.59 Å². The van der Waals surface area contributed by atoms with Crippen LogP contribution in [-0.4, -0.2) is 40.5 Å². The molecule has 8 heteroatoms. The molecule has 1 aromatic rings. The van der Waals surface area contributed by atoms with Crippen molar-refractivity contribution in [3.63, 3.8) is 0 Å². The highest BCUT2D eigenvalue weighted by molar-refractivity contribution is 8.06. The maximum Gasteiger partial charge on any atom is 0.229 e. The van der Waals surface area contributed by atoms with E-state index in [0.717, 1.165) is 63.7 Å². The van der Waals surface area contributed by atoms with E-state index in [-0.39, 0.29) is 11.8 Å². The number of hydrogen-bond acceptors (Lipinski definition) is 6. The molecule has 0 spiro atoms. The third kappa shape index (κ3) is 16.0. The summed E-state index contributed by atoms with van der Waals surface area (Å²) in [7, 11) is 1.96. The lowest BCUT2D eigenvalue weighted by molar-refractivity contribution is -0.120. The molecule has 0 unspecified atom stereocenters. The van der Waals surface area contributed by atoms with Crippen molar-refractivity contribution in [2.24, 2.45) is 5.92 Å². The molecule has 2 N–H and O–H groups in total. The van der Waals surface area contributed by atoms with Crippen LogP contribution in [0.25, 0.3) is 0 Å². The number of amides is 2. The summed E-state index contributed by atoms with van der Waals surface area (Å²) in [6.07, 6.45) is 12.6. The average Bonchev–Trinajstić information content (AvgIpc) is 2.97. The summed E-state index contributed by atoms with van der Waals surface area (Å²) in [5.74, 6) is 0.778. The Labute approximate surface area is 264 Å². The van der Waals surface area contributed by atoms with Crippen molar-refractivity contribution in [1.29, 1.82) is 0 Å². The van der Waals surface area contributed by atoms with E-state index in [1.54, 1.807) is 23.9 Å². The highest BCUT2D eigenvalue weighted by Gasteiger charge is 2.12. The van der Waals surface area contributed by atoms with Crippen LogP contribution in [0.4, 0.5) is 5.82 Å². The molecule has 0 atom stereocenters. The lowest BCUT2D eigenvalue weighted by atomic mass is 10.0. The fraction of sp³-hybridized carbons (Fsp3) is 0.429. The number of carbonyl (C=O) groups is 2. The molecule has 0 saturated heterocycles. The zero-order valence-corrected chi connectivity index (χ0v) is 27.9. The van der Waals surface area contributed by atoms with Crippen LogP contribution in [-0.2, 0) is 16.0 Å². The first-order chi connectivity index (χ1) is 20.4. The molecule has 43 heavy (non-hydrogen) atoms. The zero-order chi connectivity index (χ0) is 32.4. The smallest absolute Gasteiger partial charge is 0.229 e. The lowest BCUT2D eigenvalue weighted by Gasteiger charge is -2.24. The predicted octanol–water partition coefficient (Wildman–Crippen LogP) is 8.26. The van der Waals surface area contributed by atoms with E-state index in [1.807, 2.05) is 57.0 Å². The normalized spacial score (nSPS) is 12.1. The second-order valence-electron chi connectivity index (χ2n) is 11.0. The van der Waals surface area contributed by atoms with Crippen LogP contribution in [0.2, 0.25) is 0 Å². The molecule has 2 amide bonds. The summed E-state index contributed by atoms with van der Waals surface area (Å²) < 4.78 is 0. The Morgan fingerprint density at radius 3 is 2.30 bits per heavy atom. The molecular formula is C35H51N5O2S. The largest absolute Gasteiger partial charge is 0.356 e.